The summed E-state index contributed by atoms with van der Waals surface area (Å²) in [4.78, 5) is 13.5. The Kier molecular flexibility index (Phi) is 5.55. The van der Waals surface area contributed by atoms with Crippen molar-refractivity contribution in [1.29, 1.82) is 5.26 Å². The van der Waals surface area contributed by atoms with Crippen LogP contribution in [0.2, 0.25) is 0 Å². The van der Waals surface area contributed by atoms with Gasteiger partial charge in [0.05, 0.1) is 22.7 Å². The number of nitrogens with one attached hydrogen (secondary N) is 1. The minimum absolute atomic E-state index is 0.0706. The number of para-hydroxylation sites is 1. The minimum Gasteiger partial charge on any atom is -0.454 e. The highest BCUT2D eigenvalue weighted by Gasteiger charge is 2.19. The average molecular weight is 426 g/mol. The van der Waals surface area contributed by atoms with Crippen molar-refractivity contribution >= 4 is 35.1 Å². The Morgan fingerprint density at radius 3 is 2.90 bits per heavy atom. The molecular formula is C18H14N6O3S2. The van der Waals surface area contributed by atoms with Crippen LogP contribution in [0.1, 0.15) is 5.56 Å². The molecular weight excluding hydrogens is 412 g/mol. The number of ether oxygens (including phenoxy) is 2. The Morgan fingerprint density at radius 1 is 1.31 bits per heavy atom. The number of carbonyl (C=O) groups is 1. The molecule has 146 valence electrons. The molecule has 2 aromatic carbocycles. The number of rotatable bonds is 6. The number of carbonyl (C=O) groups excluding carboxylic acids is 1. The molecule has 9 nitrogen and oxygen atoms in total. The highest BCUT2D eigenvalue weighted by molar-refractivity contribution is 7.99. The number of nitrogens with zero attached hydrogens (tertiary/aromatic N) is 5. The fourth-order valence-corrected chi connectivity index (χ4v) is 3.94. The zero-order chi connectivity index (χ0) is 20.2. The van der Waals surface area contributed by atoms with Gasteiger partial charge in [0.2, 0.25) is 17.9 Å². The third-order valence-corrected chi connectivity index (χ3v) is 5.70. The number of nitriles is 1. The number of tetrazole rings is 1. The predicted octanol–water partition coefficient (Wildman–Crippen LogP) is 2.72. The maximum atomic E-state index is 12.5. The molecule has 0 saturated heterocycles. The van der Waals surface area contributed by atoms with Gasteiger partial charge in [-0.3, -0.25) is 4.79 Å². The number of aromatic nitrogens is 4. The van der Waals surface area contributed by atoms with Crippen LogP contribution in [0.25, 0.3) is 5.69 Å². The van der Waals surface area contributed by atoms with E-state index in [0.29, 0.717) is 27.9 Å². The fourth-order valence-electron chi connectivity index (χ4n) is 2.68. The van der Waals surface area contributed by atoms with E-state index >= 15 is 0 Å². The molecule has 1 amide bonds. The second-order valence-corrected chi connectivity index (χ2v) is 7.54. The summed E-state index contributed by atoms with van der Waals surface area (Å²) in [6.45, 7) is 0.0909. The van der Waals surface area contributed by atoms with Crippen molar-refractivity contribution in [2.45, 2.75) is 10.1 Å². The molecule has 2 heterocycles. The molecule has 0 radical (unpaired) electrons. The van der Waals surface area contributed by atoms with E-state index in [1.807, 2.05) is 36.6 Å². The molecule has 0 atom stereocenters. The van der Waals surface area contributed by atoms with Crippen LogP contribution in [0.3, 0.4) is 0 Å². The molecule has 1 N–H and O–H groups in total. The summed E-state index contributed by atoms with van der Waals surface area (Å²) in [7, 11) is 0. The van der Waals surface area contributed by atoms with E-state index in [1.165, 1.54) is 11.8 Å². The average Bonchev–Trinajstić information content (AvgIpc) is 3.40. The van der Waals surface area contributed by atoms with Crippen molar-refractivity contribution in [3.8, 4) is 23.3 Å². The van der Waals surface area contributed by atoms with Crippen LogP contribution in [-0.2, 0) is 4.79 Å². The van der Waals surface area contributed by atoms with E-state index in [9.17, 15) is 10.1 Å². The minimum atomic E-state index is -0.293. The fraction of sp³-hybridized carbons (Fsp3) is 0.167. The number of hydrogen-bond donors (Lipinski definition) is 1. The first-order chi connectivity index (χ1) is 14.2. The SMILES string of the molecule is CSc1ccccc1-n1nnnc1SCC(=O)Nc1cc2c(cc1C#N)OCO2. The predicted molar refractivity (Wildman–Crippen MR) is 108 cm³/mol. The summed E-state index contributed by atoms with van der Waals surface area (Å²) >= 11 is 2.79. The normalized spacial score (nSPS) is 11.9. The second kappa shape index (κ2) is 8.42. The van der Waals surface area contributed by atoms with E-state index in [1.54, 1.807) is 28.6 Å². The zero-order valence-corrected chi connectivity index (χ0v) is 16.8. The Morgan fingerprint density at radius 2 is 2.10 bits per heavy atom. The first kappa shape index (κ1) is 19.1. The Bertz CT molecular complexity index is 1110. The van der Waals surface area contributed by atoms with E-state index in [4.69, 9.17) is 9.47 Å². The summed E-state index contributed by atoms with van der Waals surface area (Å²) < 4.78 is 12.2. The molecule has 11 heteroatoms. The lowest BCUT2D eigenvalue weighted by molar-refractivity contribution is -0.113. The van der Waals surface area contributed by atoms with Crippen molar-refractivity contribution in [3.63, 3.8) is 0 Å². The largest absolute Gasteiger partial charge is 0.454 e. The van der Waals surface area contributed by atoms with Gasteiger partial charge in [0, 0.05) is 17.0 Å². The van der Waals surface area contributed by atoms with Gasteiger partial charge in [-0.25, -0.2) is 0 Å². The molecule has 0 spiro atoms. The molecule has 1 aliphatic rings. The molecule has 0 saturated carbocycles. The quantitative estimate of drug-likeness (QED) is 0.594. The van der Waals surface area contributed by atoms with Gasteiger partial charge in [-0.05, 0) is 28.8 Å². The smallest absolute Gasteiger partial charge is 0.234 e. The molecule has 29 heavy (non-hydrogen) atoms. The van der Waals surface area contributed by atoms with Crippen molar-refractivity contribution in [3.05, 3.63) is 42.0 Å². The van der Waals surface area contributed by atoms with Crippen molar-refractivity contribution in [2.75, 3.05) is 24.1 Å². The number of thioether (sulfide) groups is 2. The summed E-state index contributed by atoms with van der Waals surface area (Å²) in [5.41, 5.74) is 1.51. The zero-order valence-electron chi connectivity index (χ0n) is 15.2. The van der Waals surface area contributed by atoms with Crippen molar-refractivity contribution in [1.82, 2.24) is 20.2 Å². The van der Waals surface area contributed by atoms with Crippen molar-refractivity contribution < 1.29 is 14.3 Å². The Hall–Kier alpha value is -3.23. The number of hydrogen-bond acceptors (Lipinski definition) is 9. The summed E-state index contributed by atoms with van der Waals surface area (Å²) in [5, 5.41) is 24.3. The van der Waals surface area contributed by atoms with Crippen LogP contribution >= 0.6 is 23.5 Å². The number of anilines is 1. The lowest BCUT2D eigenvalue weighted by atomic mass is 10.1. The lowest BCUT2D eigenvalue weighted by Crippen LogP contribution is -2.15. The van der Waals surface area contributed by atoms with Crippen LogP contribution in [0.15, 0.2) is 46.5 Å². The van der Waals surface area contributed by atoms with E-state index in [0.717, 1.165) is 10.6 Å². The second-order valence-electron chi connectivity index (χ2n) is 5.74. The Balaban J connectivity index is 1.47. The standard InChI is InChI=1S/C18H14N6O3S2/c1-28-16-5-3-2-4-13(16)24-18(21-22-23-24)29-9-17(25)20-12-7-15-14(26-10-27-15)6-11(12)8-19/h2-7H,9-10H2,1H3,(H,20,25). The molecule has 1 aliphatic heterocycles. The van der Waals surface area contributed by atoms with Crippen LogP contribution in [0, 0.1) is 11.3 Å². The molecule has 0 unspecified atom stereocenters. The molecule has 0 bridgehead atoms. The van der Waals surface area contributed by atoms with E-state index < -0.39 is 0 Å². The van der Waals surface area contributed by atoms with Gasteiger partial charge < -0.3 is 14.8 Å². The first-order valence-electron chi connectivity index (χ1n) is 8.37. The molecule has 3 aromatic rings. The van der Waals surface area contributed by atoms with Gasteiger partial charge in [-0.2, -0.15) is 9.94 Å². The highest BCUT2D eigenvalue weighted by atomic mass is 32.2. The van der Waals surface area contributed by atoms with Gasteiger partial charge >= 0.3 is 0 Å². The topological polar surface area (TPSA) is 115 Å². The van der Waals surface area contributed by atoms with Crippen LogP contribution in [-0.4, -0.2) is 44.9 Å². The first-order valence-corrected chi connectivity index (χ1v) is 10.6. The van der Waals surface area contributed by atoms with Gasteiger partial charge in [-0.1, -0.05) is 23.9 Å². The Labute approximate surface area is 174 Å². The monoisotopic (exact) mass is 426 g/mol. The third kappa shape index (κ3) is 3.98. The number of benzene rings is 2. The van der Waals surface area contributed by atoms with Gasteiger partial charge in [-0.15, -0.1) is 16.9 Å². The summed E-state index contributed by atoms with van der Waals surface area (Å²) in [6, 6.07) is 12.9. The maximum Gasteiger partial charge on any atom is 0.234 e. The molecule has 1 aromatic heterocycles. The van der Waals surface area contributed by atoms with E-state index in [-0.39, 0.29) is 18.5 Å². The van der Waals surface area contributed by atoms with Gasteiger partial charge in [0.1, 0.15) is 6.07 Å². The third-order valence-electron chi connectivity index (χ3n) is 3.99. The van der Waals surface area contributed by atoms with Crippen LogP contribution in [0.5, 0.6) is 11.5 Å². The van der Waals surface area contributed by atoms with Crippen molar-refractivity contribution in [2.24, 2.45) is 0 Å². The van der Waals surface area contributed by atoms with Gasteiger partial charge in [0.25, 0.3) is 0 Å². The van der Waals surface area contributed by atoms with Gasteiger partial charge in [0.15, 0.2) is 11.5 Å². The molecule has 0 aliphatic carbocycles. The summed E-state index contributed by atoms with van der Waals surface area (Å²) in [6.07, 6.45) is 1.97. The van der Waals surface area contributed by atoms with Crippen LogP contribution in [0.4, 0.5) is 5.69 Å². The molecule has 0 fully saturated rings. The lowest BCUT2D eigenvalue weighted by Gasteiger charge is -2.09. The number of fused-ring (bicyclic) bond motifs is 1. The summed E-state index contributed by atoms with van der Waals surface area (Å²) in [5.74, 6) is 0.754. The highest BCUT2D eigenvalue weighted by Crippen LogP contribution is 2.37. The van der Waals surface area contributed by atoms with E-state index in [2.05, 4.69) is 20.8 Å². The van der Waals surface area contributed by atoms with Crippen LogP contribution < -0.4 is 14.8 Å². The maximum absolute atomic E-state index is 12.5. The number of amides is 1. The molecule has 4 rings (SSSR count).